The molecule has 26 heavy (non-hydrogen) atoms. The van der Waals surface area contributed by atoms with Gasteiger partial charge in [0.2, 0.25) is 5.82 Å². The number of hydrogen-bond donors (Lipinski definition) is 1. The summed E-state index contributed by atoms with van der Waals surface area (Å²) in [4.78, 5) is 22.9. The topological polar surface area (TPSA) is 75.9 Å². The number of hydrogen-bond acceptors (Lipinski definition) is 5. The molecule has 2 aromatic rings. The van der Waals surface area contributed by atoms with Crippen molar-refractivity contribution in [1.29, 1.82) is 0 Å². The first-order chi connectivity index (χ1) is 12.2. The predicted molar refractivity (Wildman–Crippen MR) is 105 cm³/mol. The molecule has 0 atom stereocenters. The Morgan fingerprint density at radius 1 is 1.31 bits per heavy atom. The average molecular weight is 379 g/mol. The van der Waals surface area contributed by atoms with Crippen LogP contribution in [0.4, 0.5) is 5.82 Å². The molecule has 0 aliphatic rings. The van der Waals surface area contributed by atoms with Gasteiger partial charge in [-0.15, -0.1) is 0 Å². The van der Waals surface area contributed by atoms with Crippen molar-refractivity contribution in [2.24, 2.45) is 0 Å². The lowest BCUT2D eigenvalue weighted by atomic mass is 10.1. The van der Waals surface area contributed by atoms with Crippen LogP contribution in [0.1, 0.15) is 62.5 Å². The van der Waals surface area contributed by atoms with Crippen LogP contribution in [-0.4, -0.2) is 45.3 Å². The molecule has 7 nitrogen and oxygen atoms in total. The van der Waals surface area contributed by atoms with E-state index in [-0.39, 0.29) is 28.8 Å². The van der Waals surface area contributed by atoms with E-state index >= 15 is 0 Å². The van der Waals surface area contributed by atoms with Gasteiger partial charge in [-0.3, -0.25) is 4.79 Å². The molecule has 0 spiro atoms. The van der Waals surface area contributed by atoms with E-state index in [9.17, 15) is 4.79 Å². The molecule has 0 bridgehead atoms. The minimum atomic E-state index is -0.375. The van der Waals surface area contributed by atoms with Gasteiger partial charge in [0.15, 0.2) is 11.0 Å². The van der Waals surface area contributed by atoms with E-state index in [1.165, 1.54) is 0 Å². The van der Waals surface area contributed by atoms with Gasteiger partial charge in [-0.05, 0) is 39.7 Å². The number of amides is 1. The Bertz CT molecular complexity index is 799. The maximum Gasteiger partial charge on any atom is 0.288 e. The molecule has 0 fully saturated rings. The Balaban J connectivity index is 2.82. The summed E-state index contributed by atoms with van der Waals surface area (Å²) in [5.41, 5.74) is 2.51. The number of rotatable bonds is 6. The molecule has 0 aliphatic carbocycles. The van der Waals surface area contributed by atoms with Gasteiger partial charge >= 0.3 is 0 Å². The summed E-state index contributed by atoms with van der Waals surface area (Å²) in [6.45, 7) is 13.0. The van der Waals surface area contributed by atoms with Crippen molar-refractivity contribution in [3.8, 4) is 5.69 Å². The highest BCUT2D eigenvalue weighted by Crippen LogP contribution is 2.32. The Morgan fingerprint density at radius 2 is 1.96 bits per heavy atom. The second-order valence-electron chi connectivity index (χ2n) is 6.75. The molecule has 0 radical (unpaired) electrons. The van der Waals surface area contributed by atoms with Crippen LogP contribution < -0.4 is 10.2 Å². The standard InChI is InChI=1S/C18H27ClN6O/c1-8-24(11(4)5)17-14(15(19)21-16(22-17)18(26)20-7)25-13(10(2)3)9-12(6)23-25/h9-11H,8H2,1-7H3,(H,20,26). The zero-order valence-corrected chi connectivity index (χ0v) is 17.2. The maximum absolute atomic E-state index is 12.1. The van der Waals surface area contributed by atoms with Crippen LogP contribution in [0.15, 0.2) is 6.07 Å². The lowest BCUT2D eigenvalue weighted by Crippen LogP contribution is -2.34. The summed E-state index contributed by atoms with van der Waals surface area (Å²) in [6.07, 6.45) is 0. The Hall–Kier alpha value is -2.15. The van der Waals surface area contributed by atoms with Crippen LogP contribution in [0.3, 0.4) is 0 Å². The quantitative estimate of drug-likeness (QED) is 0.780. The lowest BCUT2D eigenvalue weighted by molar-refractivity contribution is 0.0952. The van der Waals surface area contributed by atoms with Gasteiger partial charge in [0.1, 0.15) is 5.69 Å². The van der Waals surface area contributed by atoms with Crippen molar-refractivity contribution >= 4 is 23.3 Å². The maximum atomic E-state index is 12.1. The third-order valence-electron chi connectivity index (χ3n) is 4.15. The molecule has 0 aromatic carbocycles. The second-order valence-corrected chi connectivity index (χ2v) is 7.10. The Labute approximate surface area is 159 Å². The minimum Gasteiger partial charge on any atom is -0.353 e. The number of carbonyl (C=O) groups excluding carboxylic acids is 1. The Kier molecular flexibility index (Phi) is 6.23. The number of aryl methyl sites for hydroxylation is 1. The van der Waals surface area contributed by atoms with Gasteiger partial charge in [0.25, 0.3) is 5.91 Å². The van der Waals surface area contributed by atoms with Gasteiger partial charge in [-0.25, -0.2) is 14.6 Å². The number of halogens is 1. The molecule has 2 aromatic heterocycles. The van der Waals surface area contributed by atoms with Crippen LogP contribution in [-0.2, 0) is 0 Å². The summed E-state index contributed by atoms with van der Waals surface area (Å²) in [7, 11) is 1.54. The van der Waals surface area contributed by atoms with Gasteiger partial charge in [-0.2, -0.15) is 5.10 Å². The highest BCUT2D eigenvalue weighted by molar-refractivity contribution is 6.31. The van der Waals surface area contributed by atoms with Crippen molar-refractivity contribution in [2.75, 3.05) is 18.5 Å². The zero-order chi connectivity index (χ0) is 19.6. The smallest absolute Gasteiger partial charge is 0.288 e. The van der Waals surface area contributed by atoms with E-state index in [1.807, 2.05) is 19.9 Å². The van der Waals surface area contributed by atoms with Crippen molar-refractivity contribution in [1.82, 2.24) is 25.1 Å². The predicted octanol–water partition coefficient (Wildman–Crippen LogP) is 3.34. The third-order valence-corrected chi connectivity index (χ3v) is 4.42. The number of anilines is 1. The highest BCUT2D eigenvalue weighted by Gasteiger charge is 2.26. The average Bonchev–Trinajstić information content (AvgIpc) is 2.95. The molecular formula is C18H27ClN6O. The monoisotopic (exact) mass is 378 g/mol. The van der Waals surface area contributed by atoms with Crippen molar-refractivity contribution in [3.05, 3.63) is 28.4 Å². The van der Waals surface area contributed by atoms with Crippen LogP contribution in [0.5, 0.6) is 0 Å². The largest absolute Gasteiger partial charge is 0.353 e. The fourth-order valence-electron chi connectivity index (χ4n) is 2.88. The summed E-state index contributed by atoms with van der Waals surface area (Å²) < 4.78 is 1.80. The van der Waals surface area contributed by atoms with Gasteiger partial charge < -0.3 is 10.2 Å². The van der Waals surface area contributed by atoms with Crippen LogP contribution >= 0.6 is 11.6 Å². The van der Waals surface area contributed by atoms with Crippen LogP contribution in [0.2, 0.25) is 5.15 Å². The van der Waals surface area contributed by atoms with Crippen molar-refractivity contribution < 1.29 is 4.79 Å². The van der Waals surface area contributed by atoms with Crippen molar-refractivity contribution in [2.45, 2.75) is 53.5 Å². The van der Waals surface area contributed by atoms with Gasteiger partial charge in [0.05, 0.1) is 5.69 Å². The van der Waals surface area contributed by atoms with E-state index in [1.54, 1.807) is 11.7 Å². The first kappa shape index (κ1) is 20.2. The first-order valence-corrected chi connectivity index (χ1v) is 9.22. The number of carbonyl (C=O) groups is 1. The molecule has 0 aliphatic heterocycles. The first-order valence-electron chi connectivity index (χ1n) is 8.84. The molecule has 0 saturated carbocycles. The summed E-state index contributed by atoms with van der Waals surface area (Å²) >= 11 is 6.54. The fraction of sp³-hybridized carbons (Fsp3) is 0.556. The van der Waals surface area contributed by atoms with Gasteiger partial charge in [-0.1, -0.05) is 25.4 Å². The Morgan fingerprint density at radius 3 is 2.46 bits per heavy atom. The second kappa shape index (κ2) is 8.03. The van der Waals surface area contributed by atoms with Gasteiger partial charge in [0, 0.05) is 25.3 Å². The van der Waals surface area contributed by atoms with Crippen LogP contribution in [0.25, 0.3) is 5.69 Å². The third kappa shape index (κ3) is 3.82. The number of aromatic nitrogens is 4. The molecular weight excluding hydrogens is 352 g/mol. The molecule has 142 valence electrons. The van der Waals surface area contributed by atoms with E-state index in [0.29, 0.717) is 18.1 Å². The normalized spacial score (nSPS) is 11.3. The molecule has 1 amide bonds. The molecule has 1 N–H and O–H groups in total. The van der Waals surface area contributed by atoms with E-state index < -0.39 is 0 Å². The SMILES string of the molecule is CCN(c1nc(C(=O)NC)nc(Cl)c1-n1nc(C)cc1C(C)C)C(C)C. The molecule has 2 heterocycles. The minimum absolute atomic E-state index is 0.0466. The van der Waals surface area contributed by atoms with Crippen molar-refractivity contribution in [3.63, 3.8) is 0 Å². The van der Waals surface area contributed by atoms with Crippen LogP contribution in [0, 0.1) is 6.92 Å². The fourth-order valence-corrected chi connectivity index (χ4v) is 3.13. The van der Waals surface area contributed by atoms with E-state index in [2.05, 4.69) is 53.0 Å². The number of nitrogens with zero attached hydrogens (tertiary/aromatic N) is 5. The van der Waals surface area contributed by atoms with E-state index in [0.717, 1.165) is 11.4 Å². The summed E-state index contributed by atoms with van der Waals surface area (Å²) in [5.74, 6) is 0.518. The molecule has 0 saturated heterocycles. The highest BCUT2D eigenvalue weighted by atomic mass is 35.5. The van der Waals surface area contributed by atoms with E-state index in [4.69, 9.17) is 11.6 Å². The summed E-state index contributed by atoms with van der Waals surface area (Å²) in [5, 5.41) is 7.38. The summed E-state index contributed by atoms with van der Waals surface area (Å²) in [6, 6.07) is 2.20. The zero-order valence-electron chi connectivity index (χ0n) is 16.5. The molecule has 2 rings (SSSR count). The lowest BCUT2D eigenvalue weighted by Gasteiger charge is -2.29. The molecule has 0 unspecified atom stereocenters. The number of nitrogens with one attached hydrogen (secondary N) is 1. The molecule has 8 heteroatoms.